The van der Waals surface area contributed by atoms with Crippen LogP contribution in [0.2, 0.25) is 5.02 Å². The zero-order chi connectivity index (χ0) is 16.4. The Morgan fingerprint density at radius 3 is 2.83 bits per heavy atom. The number of piperazine rings is 1. The Labute approximate surface area is 139 Å². The SMILES string of the molecule is CC1NCCN(C(=O)Cn2nnc(-c3ccc(Cl)cc3)n2)C1C. The van der Waals surface area contributed by atoms with Gasteiger partial charge < -0.3 is 10.2 Å². The van der Waals surface area contributed by atoms with E-state index >= 15 is 0 Å². The second-order valence-corrected chi connectivity index (χ2v) is 6.16. The molecule has 0 radical (unpaired) electrons. The zero-order valence-electron chi connectivity index (χ0n) is 13.1. The van der Waals surface area contributed by atoms with Gasteiger partial charge in [0, 0.05) is 35.8 Å². The Kier molecular flexibility index (Phi) is 4.58. The molecule has 1 aliphatic heterocycles. The molecule has 1 aromatic carbocycles. The van der Waals surface area contributed by atoms with E-state index in [0.29, 0.717) is 17.4 Å². The van der Waals surface area contributed by atoms with Crippen LogP contribution < -0.4 is 5.32 Å². The predicted octanol–water partition coefficient (Wildman–Crippen LogP) is 1.20. The van der Waals surface area contributed by atoms with Crippen LogP contribution in [0.15, 0.2) is 24.3 Å². The van der Waals surface area contributed by atoms with Crippen molar-refractivity contribution in [2.75, 3.05) is 13.1 Å². The molecule has 2 heterocycles. The van der Waals surface area contributed by atoms with Gasteiger partial charge in [-0.15, -0.1) is 10.2 Å². The van der Waals surface area contributed by atoms with E-state index in [-0.39, 0.29) is 24.5 Å². The summed E-state index contributed by atoms with van der Waals surface area (Å²) in [7, 11) is 0. The lowest BCUT2D eigenvalue weighted by Gasteiger charge is -2.38. The first-order valence-electron chi connectivity index (χ1n) is 7.61. The van der Waals surface area contributed by atoms with Crippen LogP contribution in [0.1, 0.15) is 13.8 Å². The van der Waals surface area contributed by atoms with Crippen LogP contribution in [-0.2, 0) is 11.3 Å². The van der Waals surface area contributed by atoms with Crippen molar-refractivity contribution in [3.63, 3.8) is 0 Å². The topological polar surface area (TPSA) is 75.9 Å². The van der Waals surface area contributed by atoms with Crippen LogP contribution in [0, 0.1) is 0 Å². The van der Waals surface area contributed by atoms with Crippen LogP contribution in [0.4, 0.5) is 0 Å². The quantitative estimate of drug-likeness (QED) is 0.913. The Morgan fingerprint density at radius 1 is 1.35 bits per heavy atom. The van der Waals surface area contributed by atoms with Crippen LogP contribution in [0.5, 0.6) is 0 Å². The number of rotatable bonds is 3. The molecule has 3 rings (SSSR count). The fourth-order valence-corrected chi connectivity index (χ4v) is 2.77. The fraction of sp³-hybridized carbons (Fsp3) is 0.467. The van der Waals surface area contributed by atoms with Crippen molar-refractivity contribution in [1.29, 1.82) is 0 Å². The first-order valence-corrected chi connectivity index (χ1v) is 7.99. The molecule has 1 N–H and O–H groups in total. The number of carbonyl (C=O) groups is 1. The number of carbonyl (C=O) groups excluding carboxylic acids is 1. The number of tetrazole rings is 1. The average molecular weight is 335 g/mol. The van der Waals surface area contributed by atoms with Crippen molar-refractivity contribution in [1.82, 2.24) is 30.4 Å². The monoisotopic (exact) mass is 334 g/mol. The molecule has 0 bridgehead atoms. The summed E-state index contributed by atoms with van der Waals surface area (Å²) < 4.78 is 0. The van der Waals surface area contributed by atoms with E-state index in [1.807, 2.05) is 24.0 Å². The van der Waals surface area contributed by atoms with Crippen LogP contribution in [-0.4, -0.2) is 56.2 Å². The summed E-state index contributed by atoms with van der Waals surface area (Å²) in [6.07, 6.45) is 0. The maximum Gasteiger partial charge on any atom is 0.246 e. The highest BCUT2D eigenvalue weighted by molar-refractivity contribution is 6.30. The normalized spacial score (nSPS) is 21.4. The molecule has 1 aromatic heterocycles. The molecule has 0 aliphatic carbocycles. The Bertz CT molecular complexity index is 686. The van der Waals surface area contributed by atoms with Gasteiger partial charge in [-0.25, -0.2) is 0 Å². The molecule has 2 atom stereocenters. The number of amides is 1. The van der Waals surface area contributed by atoms with E-state index in [4.69, 9.17) is 11.6 Å². The Morgan fingerprint density at radius 2 is 2.09 bits per heavy atom. The van der Waals surface area contributed by atoms with E-state index in [9.17, 15) is 4.79 Å². The molecule has 1 saturated heterocycles. The molecule has 1 fully saturated rings. The number of benzene rings is 1. The number of nitrogens with zero attached hydrogens (tertiary/aromatic N) is 5. The number of hydrogen-bond donors (Lipinski definition) is 1. The average Bonchev–Trinajstić information content (AvgIpc) is 2.99. The highest BCUT2D eigenvalue weighted by Crippen LogP contribution is 2.17. The van der Waals surface area contributed by atoms with Gasteiger partial charge in [0.05, 0.1) is 0 Å². The third-order valence-corrected chi connectivity index (χ3v) is 4.44. The summed E-state index contributed by atoms with van der Waals surface area (Å²) in [4.78, 5) is 15.7. The summed E-state index contributed by atoms with van der Waals surface area (Å²) >= 11 is 5.87. The van der Waals surface area contributed by atoms with E-state index in [0.717, 1.165) is 12.1 Å². The number of halogens is 1. The molecule has 1 amide bonds. The van der Waals surface area contributed by atoms with Crippen LogP contribution in [0.3, 0.4) is 0 Å². The van der Waals surface area contributed by atoms with Gasteiger partial charge in [-0.05, 0) is 43.3 Å². The zero-order valence-corrected chi connectivity index (χ0v) is 13.9. The maximum absolute atomic E-state index is 12.5. The van der Waals surface area contributed by atoms with Crippen molar-refractivity contribution in [2.24, 2.45) is 0 Å². The lowest BCUT2D eigenvalue weighted by molar-refractivity contribution is -0.136. The smallest absolute Gasteiger partial charge is 0.246 e. The summed E-state index contributed by atoms with van der Waals surface area (Å²) in [6.45, 7) is 5.72. The van der Waals surface area contributed by atoms with Crippen molar-refractivity contribution in [2.45, 2.75) is 32.5 Å². The molecule has 0 spiro atoms. The van der Waals surface area contributed by atoms with E-state index < -0.39 is 0 Å². The Balaban J connectivity index is 1.69. The van der Waals surface area contributed by atoms with Crippen molar-refractivity contribution in [3.05, 3.63) is 29.3 Å². The van der Waals surface area contributed by atoms with Gasteiger partial charge in [-0.1, -0.05) is 11.6 Å². The maximum atomic E-state index is 12.5. The van der Waals surface area contributed by atoms with Crippen LogP contribution >= 0.6 is 11.6 Å². The third-order valence-electron chi connectivity index (χ3n) is 4.19. The first-order chi connectivity index (χ1) is 11.0. The molecule has 23 heavy (non-hydrogen) atoms. The first kappa shape index (κ1) is 15.9. The van der Waals surface area contributed by atoms with Crippen molar-refractivity contribution < 1.29 is 4.79 Å². The van der Waals surface area contributed by atoms with Crippen molar-refractivity contribution >= 4 is 17.5 Å². The standard InChI is InChI=1S/C15H19ClN6O/c1-10-11(2)21(8-7-17-10)14(23)9-22-19-15(18-20-22)12-3-5-13(16)6-4-12/h3-6,10-11,17H,7-9H2,1-2H3. The van der Waals surface area contributed by atoms with Gasteiger partial charge in [0.2, 0.25) is 11.7 Å². The minimum atomic E-state index is 0.00547. The molecule has 0 saturated carbocycles. The van der Waals surface area contributed by atoms with Gasteiger partial charge in [0.1, 0.15) is 6.54 Å². The summed E-state index contributed by atoms with van der Waals surface area (Å²) in [6, 6.07) is 7.62. The fourth-order valence-electron chi connectivity index (χ4n) is 2.65. The summed E-state index contributed by atoms with van der Waals surface area (Å²) in [5.74, 6) is 0.488. The second kappa shape index (κ2) is 6.64. The summed E-state index contributed by atoms with van der Waals surface area (Å²) in [5.41, 5.74) is 0.817. The van der Waals surface area contributed by atoms with Gasteiger partial charge >= 0.3 is 0 Å². The number of nitrogens with one attached hydrogen (secondary N) is 1. The molecule has 2 aromatic rings. The lowest BCUT2D eigenvalue weighted by atomic mass is 10.1. The summed E-state index contributed by atoms with van der Waals surface area (Å²) in [5, 5.41) is 16.3. The van der Waals surface area contributed by atoms with E-state index in [1.54, 1.807) is 12.1 Å². The highest BCUT2D eigenvalue weighted by atomic mass is 35.5. The van der Waals surface area contributed by atoms with Gasteiger partial charge in [-0.2, -0.15) is 4.80 Å². The second-order valence-electron chi connectivity index (χ2n) is 5.72. The molecule has 8 heteroatoms. The molecular formula is C15H19ClN6O. The van der Waals surface area contributed by atoms with Gasteiger partial charge in [0.25, 0.3) is 0 Å². The molecule has 7 nitrogen and oxygen atoms in total. The minimum absolute atomic E-state index is 0.00547. The highest BCUT2D eigenvalue weighted by Gasteiger charge is 2.28. The molecular weight excluding hydrogens is 316 g/mol. The van der Waals surface area contributed by atoms with Gasteiger partial charge in [-0.3, -0.25) is 4.79 Å². The predicted molar refractivity (Wildman–Crippen MR) is 86.9 cm³/mol. The molecule has 1 aliphatic rings. The third kappa shape index (κ3) is 3.51. The number of hydrogen-bond acceptors (Lipinski definition) is 5. The minimum Gasteiger partial charge on any atom is -0.335 e. The van der Waals surface area contributed by atoms with Crippen molar-refractivity contribution in [3.8, 4) is 11.4 Å². The Hall–Kier alpha value is -1.99. The van der Waals surface area contributed by atoms with E-state index in [1.165, 1.54) is 4.80 Å². The van der Waals surface area contributed by atoms with Crippen LogP contribution in [0.25, 0.3) is 11.4 Å². The number of aromatic nitrogens is 4. The molecule has 2 unspecified atom stereocenters. The lowest BCUT2D eigenvalue weighted by Crippen LogP contribution is -2.57. The van der Waals surface area contributed by atoms with Gasteiger partial charge in [0.15, 0.2) is 0 Å². The largest absolute Gasteiger partial charge is 0.335 e. The van der Waals surface area contributed by atoms with E-state index in [2.05, 4.69) is 27.7 Å². The molecule has 122 valence electrons.